The maximum Gasteiger partial charge on any atom is 0.252 e. The number of nitrogens with two attached hydrogens (primary N) is 1. The van der Waals surface area contributed by atoms with Gasteiger partial charge in [0.05, 0.1) is 10.0 Å². The number of primary amides is 1. The summed E-state index contributed by atoms with van der Waals surface area (Å²) in [5.74, 6) is -0.456. The molecule has 2 N–H and O–H groups in total. The Hall–Kier alpha value is -1.88. The van der Waals surface area contributed by atoms with Crippen LogP contribution in [0.2, 0.25) is 0 Å². The Morgan fingerprint density at radius 3 is 2.61 bits per heavy atom. The van der Waals surface area contributed by atoms with Gasteiger partial charge in [-0.3, -0.25) is 4.79 Å². The minimum absolute atomic E-state index is 0.244. The topological polar surface area (TPSA) is 52.3 Å². The molecule has 2 rings (SSSR count). The van der Waals surface area contributed by atoms with E-state index in [1.54, 1.807) is 24.3 Å². The van der Waals surface area contributed by atoms with Gasteiger partial charge in [0, 0.05) is 6.07 Å². The molecule has 0 spiro atoms. The number of carbonyl (C=O) groups excluding carboxylic acids is 1. The van der Waals surface area contributed by atoms with Crippen molar-refractivity contribution in [1.82, 2.24) is 0 Å². The fourth-order valence-corrected chi connectivity index (χ4v) is 1.76. The SMILES string of the molecule is NC(=O)c1ccccc1Oc1cc(F)ccc1Br. The van der Waals surface area contributed by atoms with Gasteiger partial charge >= 0.3 is 0 Å². The fraction of sp³-hybridized carbons (Fsp3) is 0. The Morgan fingerprint density at radius 2 is 1.89 bits per heavy atom. The summed E-state index contributed by atoms with van der Waals surface area (Å²) >= 11 is 3.24. The Morgan fingerprint density at radius 1 is 1.17 bits per heavy atom. The molecule has 3 nitrogen and oxygen atoms in total. The molecule has 0 unspecified atom stereocenters. The van der Waals surface area contributed by atoms with Crippen LogP contribution in [0.1, 0.15) is 10.4 Å². The van der Waals surface area contributed by atoms with Crippen LogP contribution in [0.25, 0.3) is 0 Å². The van der Waals surface area contributed by atoms with E-state index in [-0.39, 0.29) is 17.1 Å². The lowest BCUT2D eigenvalue weighted by atomic mass is 10.2. The standard InChI is InChI=1S/C13H9BrFNO2/c14-10-6-5-8(15)7-12(10)18-11-4-2-1-3-9(11)13(16)17/h1-7H,(H2,16,17). The Bertz CT molecular complexity index is 601. The molecular formula is C13H9BrFNO2. The number of ether oxygens (including phenoxy) is 1. The fourth-order valence-electron chi connectivity index (χ4n) is 1.43. The quantitative estimate of drug-likeness (QED) is 0.943. The molecule has 2 aromatic rings. The van der Waals surface area contributed by atoms with Crippen LogP contribution in [0.5, 0.6) is 11.5 Å². The molecule has 92 valence electrons. The van der Waals surface area contributed by atoms with Gasteiger partial charge in [-0.05, 0) is 40.2 Å². The highest BCUT2D eigenvalue weighted by Crippen LogP contribution is 2.31. The molecule has 0 saturated carbocycles. The van der Waals surface area contributed by atoms with Crippen molar-refractivity contribution in [3.8, 4) is 11.5 Å². The van der Waals surface area contributed by atoms with E-state index in [2.05, 4.69) is 15.9 Å². The normalized spacial score (nSPS) is 10.1. The molecule has 0 saturated heterocycles. The number of amides is 1. The maximum atomic E-state index is 13.1. The van der Waals surface area contributed by atoms with Crippen LogP contribution in [0, 0.1) is 5.82 Å². The van der Waals surface area contributed by atoms with Gasteiger partial charge in [-0.1, -0.05) is 12.1 Å². The lowest BCUT2D eigenvalue weighted by molar-refractivity contribution is 0.0998. The second kappa shape index (κ2) is 5.18. The van der Waals surface area contributed by atoms with Crippen LogP contribution >= 0.6 is 15.9 Å². The minimum Gasteiger partial charge on any atom is -0.455 e. The Kier molecular flexibility index (Phi) is 3.62. The van der Waals surface area contributed by atoms with E-state index in [1.165, 1.54) is 18.2 Å². The van der Waals surface area contributed by atoms with Crippen molar-refractivity contribution in [3.05, 3.63) is 58.3 Å². The molecule has 0 aliphatic heterocycles. The predicted molar refractivity (Wildman–Crippen MR) is 69.1 cm³/mol. The largest absolute Gasteiger partial charge is 0.455 e. The van der Waals surface area contributed by atoms with Crippen molar-refractivity contribution in [3.63, 3.8) is 0 Å². The third-order valence-corrected chi connectivity index (χ3v) is 2.92. The predicted octanol–water partition coefficient (Wildman–Crippen LogP) is 3.48. The van der Waals surface area contributed by atoms with E-state index in [0.29, 0.717) is 4.47 Å². The number of para-hydroxylation sites is 1. The van der Waals surface area contributed by atoms with Crippen molar-refractivity contribution in [2.75, 3.05) is 0 Å². The second-order valence-corrected chi connectivity index (χ2v) is 4.39. The van der Waals surface area contributed by atoms with Gasteiger partial charge < -0.3 is 10.5 Å². The van der Waals surface area contributed by atoms with Crippen molar-refractivity contribution >= 4 is 21.8 Å². The average Bonchev–Trinajstić information content (AvgIpc) is 2.34. The first-order valence-electron chi connectivity index (χ1n) is 5.09. The highest BCUT2D eigenvalue weighted by molar-refractivity contribution is 9.10. The molecule has 0 aliphatic rings. The monoisotopic (exact) mass is 309 g/mol. The van der Waals surface area contributed by atoms with Crippen LogP contribution in [0.4, 0.5) is 4.39 Å². The molecule has 0 aromatic heterocycles. The van der Waals surface area contributed by atoms with Crippen LogP contribution < -0.4 is 10.5 Å². The zero-order valence-electron chi connectivity index (χ0n) is 9.19. The molecule has 1 amide bonds. The van der Waals surface area contributed by atoms with E-state index in [9.17, 15) is 9.18 Å². The van der Waals surface area contributed by atoms with Gasteiger partial charge in [-0.15, -0.1) is 0 Å². The molecular weight excluding hydrogens is 301 g/mol. The van der Waals surface area contributed by atoms with Crippen molar-refractivity contribution in [1.29, 1.82) is 0 Å². The third-order valence-electron chi connectivity index (χ3n) is 2.27. The third kappa shape index (κ3) is 2.68. The first-order valence-corrected chi connectivity index (χ1v) is 5.89. The van der Waals surface area contributed by atoms with Gasteiger partial charge in [-0.2, -0.15) is 0 Å². The number of carbonyl (C=O) groups is 1. The Balaban J connectivity index is 2.40. The van der Waals surface area contributed by atoms with Crippen molar-refractivity contribution in [2.24, 2.45) is 5.73 Å². The van der Waals surface area contributed by atoms with E-state index >= 15 is 0 Å². The average molecular weight is 310 g/mol. The van der Waals surface area contributed by atoms with Crippen LogP contribution in [-0.2, 0) is 0 Å². The smallest absolute Gasteiger partial charge is 0.252 e. The highest BCUT2D eigenvalue weighted by atomic mass is 79.9. The summed E-state index contributed by atoms with van der Waals surface area (Å²) in [7, 11) is 0. The number of halogens is 2. The lowest BCUT2D eigenvalue weighted by Crippen LogP contribution is -2.12. The molecule has 0 heterocycles. The Labute approximate surface area is 112 Å². The lowest BCUT2D eigenvalue weighted by Gasteiger charge is -2.10. The van der Waals surface area contributed by atoms with Gasteiger partial charge in [0.15, 0.2) is 0 Å². The van der Waals surface area contributed by atoms with E-state index in [0.717, 1.165) is 0 Å². The summed E-state index contributed by atoms with van der Waals surface area (Å²) in [4.78, 5) is 11.2. The molecule has 0 atom stereocenters. The highest BCUT2D eigenvalue weighted by Gasteiger charge is 2.11. The number of rotatable bonds is 3. The molecule has 5 heteroatoms. The van der Waals surface area contributed by atoms with Gasteiger partial charge in [0.1, 0.15) is 17.3 Å². The van der Waals surface area contributed by atoms with Crippen molar-refractivity contribution < 1.29 is 13.9 Å². The molecule has 0 bridgehead atoms. The van der Waals surface area contributed by atoms with E-state index < -0.39 is 11.7 Å². The molecule has 0 aliphatic carbocycles. The zero-order chi connectivity index (χ0) is 13.1. The summed E-state index contributed by atoms with van der Waals surface area (Å²) in [6.45, 7) is 0. The molecule has 18 heavy (non-hydrogen) atoms. The molecule has 0 radical (unpaired) electrons. The number of benzene rings is 2. The first kappa shape index (κ1) is 12.6. The van der Waals surface area contributed by atoms with Gasteiger partial charge in [0.25, 0.3) is 5.91 Å². The van der Waals surface area contributed by atoms with Crippen LogP contribution in [-0.4, -0.2) is 5.91 Å². The van der Waals surface area contributed by atoms with Crippen molar-refractivity contribution in [2.45, 2.75) is 0 Å². The summed E-state index contributed by atoms with van der Waals surface area (Å²) in [6.07, 6.45) is 0. The van der Waals surface area contributed by atoms with Gasteiger partial charge in [-0.25, -0.2) is 4.39 Å². The summed E-state index contributed by atoms with van der Waals surface area (Å²) < 4.78 is 19.2. The summed E-state index contributed by atoms with van der Waals surface area (Å²) in [5, 5.41) is 0. The number of hydrogen-bond acceptors (Lipinski definition) is 2. The summed E-state index contributed by atoms with van der Waals surface area (Å²) in [5.41, 5.74) is 5.48. The number of hydrogen-bond donors (Lipinski definition) is 1. The summed E-state index contributed by atoms with van der Waals surface area (Å²) in [6, 6.07) is 10.6. The molecule has 0 fully saturated rings. The van der Waals surface area contributed by atoms with E-state index in [4.69, 9.17) is 10.5 Å². The minimum atomic E-state index is -0.599. The second-order valence-electron chi connectivity index (χ2n) is 3.54. The maximum absolute atomic E-state index is 13.1. The van der Waals surface area contributed by atoms with E-state index in [1.807, 2.05) is 0 Å². The van der Waals surface area contributed by atoms with Crippen LogP contribution in [0.15, 0.2) is 46.9 Å². The van der Waals surface area contributed by atoms with Gasteiger partial charge in [0.2, 0.25) is 0 Å². The van der Waals surface area contributed by atoms with Crippen LogP contribution in [0.3, 0.4) is 0 Å². The first-order chi connectivity index (χ1) is 8.58. The zero-order valence-corrected chi connectivity index (χ0v) is 10.8. The molecule has 2 aromatic carbocycles.